The molecule has 3 aromatic rings. The molecule has 0 spiro atoms. The van der Waals surface area contributed by atoms with Crippen LogP contribution in [0.5, 0.6) is 0 Å². The Morgan fingerprint density at radius 3 is 2.76 bits per heavy atom. The van der Waals surface area contributed by atoms with E-state index in [1.807, 2.05) is 7.05 Å². The molecule has 0 unspecified atom stereocenters. The number of hydrogen-bond donors (Lipinski definition) is 1. The zero-order valence-electron chi connectivity index (χ0n) is 12.4. The fourth-order valence-electron chi connectivity index (χ4n) is 2.49. The van der Waals surface area contributed by atoms with Crippen molar-refractivity contribution in [2.24, 2.45) is 0 Å². The second kappa shape index (κ2) is 5.33. The van der Waals surface area contributed by atoms with E-state index in [9.17, 15) is 0 Å². The quantitative estimate of drug-likeness (QED) is 0.803. The highest BCUT2D eigenvalue weighted by Gasteiger charge is 2.13. The molecule has 0 saturated heterocycles. The van der Waals surface area contributed by atoms with E-state index in [0.717, 1.165) is 22.6 Å². The number of rotatable bonds is 3. The molecule has 4 nitrogen and oxygen atoms in total. The molecule has 0 amide bonds. The van der Waals surface area contributed by atoms with Gasteiger partial charge < -0.3 is 10.6 Å². The Bertz CT molecular complexity index is 794. The first-order valence-electron chi connectivity index (χ1n) is 6.83. The minimum absolute atomic E-state index is 0.329. The number of hydrogen-bond acceptors (Lipinski definition) is 5. The van der Waals surface area contributed by atoms with Gasteiger partial charge in [0, 0.05) is 18.5 Å². The number of benzene rings is 1. The van der Waals surface area contributed by atoms with Crippen molar-refractivity contribution in [3.8, 4) is 0 Å². The minimum atomic E-state index is 0.329. The summed E-state index contributed by atoms with van der Waals surface area (Å²) in [5.74, 6) is 1.22. The number of nitrogens with zero attached hydrogens (tertiary/aromatic N) is 3. The van der Waals surface area contributed by atoms with Gasteiger partial charge in [-0.3, -0.25) is 0 Å². The van der Waals surface area contributed by atoms with Crippen LogP contribution in [0.1, 0.15) is 16.0 Å². The Morgan fingerprint density at radius 2 is 2.00 bits per heavy atom. The van der Waals surface area contributed by atoms with Crippen molar-refractivity contribution in [1.82, 2.24) is 9.97 Å². The third-order valence-electron chi connectivity index (χ3n) is 3.38. The molecule has 2 heterocycles. The average Bonchev–Trinajstić information content (AvgIpc) is 2.77. The molecule has 21 heavy (non-hydrogen) atoms. The van der Waals surface area contributed by atoms with Crippen LogP contribution in [-0.2, 0) is 6.54 Å². The summed E-state index contributed by atoms with van der Waals surface area (Å²) in [6.07, 6.45) is 0. The summed E-state index contributed by atoms with van der Waals surface area (Å²) in [5, 5.41) is 1.07. The van der Waals surface area contributed by atoms with Crippen molar-refractivity contribution in [1.29, 1.82) is 0 Å². The Kier molecular flexibility index (Phi) is 3.51. The van der Waals surface area contributed by atoms with Gasteiger partial charge in [-0.1, -0.05) is 29.8 Å². The first kappa shape index (κ1) is 13.8. The second-order valence-corrected chi connectivity index (χ2v) is 6.56. The molecule has 3 rings (SSSR count). The fourth-order valence-corrected chi connectivity index (χ4v) is 3.37. The van der Waals surface area contributed by atoms with Gasteiger partial charge in [-0.05, 0) is 25.5 Å². The van der Waals surface area contributed by atoms with Gasteiger partial charge in [0.2, 0.25) is 5.95 Å². The monoisotopic (exact) mass is 298 g/mol. The third kappa shape index (κ3) is 2.83. The maximum absolute atomic E-state index is 5.85. The summed E-state index contributed by atoms with van der Waals surface area (Å²) in [5.41, 5.74) is 8.37. The summed E-state index contributed by atoms with van der Waals surface area (Å²) in [6.45, 7) is 4.97. The lowest BCUT2D eigenvalue weighted by Gasteiger charge is -2.19. The van der Waals surface area contributed by atoms with Crippen molar-refractivity contribution in [2.75, 3.05) is 17.7 Å². The van der Waals surface area contributed by atoms with Crippen molar-refractivity contribution in [3.63, 3.8) is 0 Å². The lowest BCUT2D eigenvalue weighted by atomic mass is 10.1. The van der Waals surface area contributed by atoms with E-state index in [2.05, 4.69) is 59.0 Å². The van der Waals surface area contributed by atoms with E-state index >= 15 is 0 Å². The van der Waals surface area contributed by atoms with Crippen LogP contribution in [0.15, 0.2) is 30.3 Å². The Morgan fingerprint density at radius 1 is 1.19 bits per heavy atom. The van der Waals surface area contributed by atoms with Gasteiger partial charge in [0.25, 0.3) is 0 Å². The molecular formula is C16H18N4S. The number of nitrogen functional groups attached to an aromatic ring is 1. The number of aromatic nitrogens is 2. The highest BCUT2D eigenvalue weighted by molar-refractivity contribution is 7.18. The minimum Gasteiger partial charge on any atom is -0.368 e. The lowest BCUT2D eigenvalue weighted by Crippen LogP contribution is -2.18. The van der Waals surface area contributed by atoms with Gasteiger partial charge >= 0.3 is 0 Å². The molecule has 0 aliphatic rings. The Hall–Kier alpha value is -2.14. The second-order valence-electron chi connectivity index (χ2n) is 5.33. The van der Waals surface area contributed by atoms with E-state index in [1.165, 1.54) is 16.0 Å². The van der Waals surface area contributed by atoms with Crippen molar-refractivity contribution in [3.05, 3.63) is 46.3 Å². The van der Waals surface area contributed by atoms with Crippen LogP contribution in [0.3, 0.4) is 0 Å². The molecule has 0 radical (unpaired) electrons. The van der Waals surface area contributed by atoms with E-state index in [0.29, 0.717) is 5.95 Å². The molecule has 2 aromatic heterocycles. The van der Waals surface area contributed by atoms with E-state index in [4.69, 9.17) is 5.73 Å². The summed E-state index contributed by atoms with van der Waals surface area (Å²) in [4.78, 5) is 13.0. The topological polar surface area (TPSA) is 55.0 Å². The predicted octanol–water partition coefficient (Wildman–Crippen LogP) is 3.53. The molecule has 0 aliphatic carbocycles. The summed E-state index contributed by atoms with van der Waals surface area (Å²) in [7, 11) is 2.04. The molecule has 0 aliphatic heterocycles. The van der Waals surface area contributed by atoms with Gasteiger partial charge in [-0.2, -0.15) is 4.98 Å². The first-order chi connectivity index (χ1) is 10.0. The van der Waals surface area contributed by atoms with Crippen LogP contribution in [0.4, 0.5) is 11.8 Å². The Labute approximate surface area is 128 Å². The predicted molar refractivity (Wildman–Crippen MR) is 89.9 cm³/mol. The zero-order valence-corrected chi connectivity index (χ0v) is 13.2. The molecule has 0 bridgehead atoms. The fraction of sp³-hybridized carbons (Fsp3) is 0.250. The third-order valence-corrected chi connectivity index (χ3v) is 4.32. The summed E-state index contributed by atoms with van der Waals surface area (Å²) >= 11 is 1.65. The highest BCUT2D eigenvalue weighted by atomic mass is 32.1. The maximum Gasteiger partial charge on any atom is 0.223 e. The van der Waals surface area contributed by atoms with Gasteiger partial charge in [0.1, 0.15) is 10.6 Å². The van der Waals surface area contributed by atoms with Crippen LogP contribution < -0.4 is 10.6 Å². The molecule has 0 atom stereocenters. The number of nitrogens with two attached hydrogens (primary N) is 1. The molecule has 0 saturated carbocycles. The van der Waals surface area contributed by atoms with Gasteiger partial charge in [-0.15, -0.1) is 11.3 Å². The lowest BCUT2D eigenvalue weighted by molar-refractivity contribution is 0.901. The van der Waals surface area contributed by atoms with Crippen LogP contribution >= 0.6 is 11.3 Å². The number of thiophene rings is 1. The summed E-state index contributed by atoms with van der Waals surface area (Å²) < 4.78 is 0. The number of fused-ring (bicyclic) bond motifs is 1. The maximum atomic E-state index is 5.85. The van der Waals surface area contributed by atoms with Gasteiger partial charge in [0.15, 0.2) is 0 Å². The van der Waals surface area contributed by atoms with Crippen LogP contribution in [-0.4, -0.2) is 17.0 Å². The van der Waals surface area contributed by atoms with Crippen molar-refractivity contribution < 1.29 is 0 Å². The molecule has 0 fully saturated rings. The molecule has 5 heteroatoms. The first-order valence-corrected chi connectivity index (χ1v) is 7.65. The van der Waals surface area contributed by atoms with Crippen LogP contribution in [0.2, 0.25) is 0 Å². The van der Waals surface area contributed by atoms with Crippen molar-refractivity contribution in [2.45, 2.75) is 20.4 Å². The Balaban J connectivity index is 1.99. The standard InChI is InChI=1S/C16H18N4S/c1-10-5-4-6-12(7-10)9-20(3)14-13-8-11(2)21-15(13)19-16(17)18-14/h4-8H,9H2,1-3H3,(H2,17,18,19). The molecule has 2 N–H and O–H groups in total. The SMILES string of the molecule is Cc1cccc(CN(C)c2nc(N)nc3sc(C)cc23)c1. The average molecular weight is 298 g/mol. The van der Waals surface area contributed by atoms with E-state index < -0.39 is 0 Å². The molecular weight excluding hydrogens is 280 g/mol. The highest BCUT2D eigenvalue weighted by Crippen LogP contribution is 2.31. The summed E-state index contributed by atoms with van der Waals surface area (Å²) in [6, 6.07) is 10.6. The van der Waals surface area contributed by atoms with Gasteiger partial charge in [-0.25, -0.2) is 4.98 Å². The smallest absolute Gasteiger partial charge is 0.223 e. The largest absolute Gasteiger partial charge is 0.368 e. The number of anilines is 2. The number of aryl methyl sites for hydroxylation is 2. The van der Waals surface area contributed by atoms with E-state index in [1.54, 1.807) is 11.3 Å². The van der Waals surface area contributed by atoms with Crippen molar-refractivity contribution >= 4 is 33.3 Å². The normalized spacial score (nSPS) is 11.0. The molecule has 108 valence electrons. The van der Waals surface area contributed by atoms with Crippen LogP contribution in [0, 0.1) is 13.8 Å². The molecule has 1 aromatic carbocycles. The van der Waals surface area contributed by atoms with Crippen LogP contribution in [0.25, 0.3) is 10.2 Å². The van der Waals surface area contributed by atoms with Gasteiger partial charge in [0.05, 0.1) is 5.39 Å². The van der Waals surface area contributed by atoms with E-state index in [-0.39, 0.29) is 0 Å². The zero-order chi connectivity index (χ0) is 15.0.